The molecule has 0 saturated carbocycles. The van der Waals surface area contributed by atoms with Crippen LogP contribution < -0.4 is 15.6 Å². The molecule has 0 radical (unpaired) electrons. The fourth-order valence-corrected chi connectivity index (χ4v) is 4.25. The Morgan fingerprint density at radius 1 is 0.972 bits per heavy atom. The number of ether oxygens (including phenoxy) is 1. The molecule has 1 heterocycles. The van der Waals surface area contributed by atoms with Gasteiger partial charge in [-0.15, -0.1) is 0 Å². The number of para-hydroxylation sites is 4. The van der Waals surface area contributed by atoms with Crippen LogP contribution in [0.3, 0.4) is 0 Å². The fourth-order valence-electron chi connectivity index (χ4n) is 4.25. The van der Waals surface area contributed by atoms with Crippen molar-refractivity contribution < 1.29 is 9.53 Å². The van der Waals surface area contributed by atoms with Gasteiger partial charge < -0.3 is 15.0 Å². The summed E-state index contributed by atoms with van der Waals surface area (Å²) in [6.07, 6.45) is 0. The molecule has 3 aromatic carbocycles. The van der Waals surface area contributed by atoms with Crippen molar-refractivity contribution in [3.8, 4) is 11.4 Å². The van der Waals surface area contributed by atoms with Gasteiger partial charge in [0.2, 0.25) is 0 Å². The van der Waals surface area contributed by atoms with Crippen molar-refractivity contribution in [1.29, 1.82) is 0 Å². The standard InChI is InChI=1S/C29H32N4O3/c1-5-36-26-18-12-11-17-25(26)33-27(31-24-16-10-9-15-23(24)28(33)34)21(4)32(19-20(2)3)29(35)30-22-13-7-6-8-14-22/h6-18,20-21H,5,19H2,1-4H3,(H,30,35). The van der Waals surface area contributed by atoms with Gasteiger partial charge in [-0.05, 0) is 56.2 Å². The summed E-state index contributed by atoms with van der Waals surface area (Å²) in [5.41, 5.74) is 1.68. The van der Waals surface area contributed by atoms with Gasteiger partial charge in [0.1, 0.15) is 11.6 Å². The molecule has 7 heteroatoms. The third-order valence-corrected chi connectivity index (χ3v) is 5.90. The predicted octanol–water partition coefficient (Wildman–Crippen LogP) is 6.04. The number of carbonyl (C=O) groups is 1. The van der Waals surface area contributed by atoms with Crippen LogP contribution in [0.1, 0.15) is 39.6 Å². The minimum absolute atomic E-state index is 0.199. The molecule has 186 valence electrons. The minimum atomic E-state index is -0.511. The van der Waals surface area contributed by atoms with Crippen LogP contribution in [0.25, 0.3) is 16.6 Å². The van der Waals surface area contributed by atoms with Crippen LogP contribution >= 0.6 is 0 Å². The van der Waals surface area contributed by atoms with Crippen molar-refractivity contribution in [1.82, 2.24) is 14.5 Å². The summed E-state index contributed by atoms with van der Waals surface area (Å²) < 4.78 is 7.45. The number of aromatic nitrogens is 2. The van der Waals surface area contributed by atoms with Gasteiger partial charge in [0.25, 0.3) is 5.56 Å². The highest BCUT2D eigenvalue weighted by Gasteiger charge is 2.28. The van der Waals surface area contributed by atoms with Gasteiger partial charge >= 0.3 is 6.03 Å². The van der Waals surface area contributed by atoms with E-state index in [2.05, 4.69) is 19.2 Å². The van der Waals surface area contributed by atoms with E-state index in [0.29, 0.717) is 47.0 Å². The maximum absolute atomic E-state index is 13.9. The minimum Gasteiger partial charge on any atom is -0.492 e. The SMILES string of the molecule is CCOc1ccccc1-n1c(C(C)N(CC(C)C)C(=O)Nc2ccccc2)nc2ccccc2c1=O. The first kappa shape index (κ1) is 25.0. The largest absolute Gasteiger partial charge is 0.492 e. The van der Waals surface area contributed by atoms with Gasteiger partial charge in [0.15, 0.2) is 0 Å². The number of benzene rings is 3. The van der Waals surface area contributed by atoms with Crippen molar-refractivity contribution >= 4 is 22.6 Å². The number of carbonyl (C=O) groups excluding carboxylic acids is 1. The number of anilines is 1. The summed E-state index contributed by atoms with van der Waals surface area (Å²) >= 11 is 0. The molecule has 0 saturated heterocycles. The quantitative estimate of drug-likeness (QED) is 0.331. The van der Waals surface area contributed by atoms with E-state index >= 15 is 0 Å². The van der Waals surface area contributed by atoms with Crippen LogP contribution in [0.15, 0.2) is 83.7 Å². The molecule has 1 atom stereocenters. The normalized spacial score (nSPS) is 11.9. The molecule has 36 heavy (non-hydrogen) atoms. The Bertz CT molecular complexity index is 1400. The van der Waals surface area contributed by atoms with E-state index < -0.39 is 6.04 Å². The van der Waals surface area contributed by atoms with Gasteiger partial charge in [-0.25, -0.2) is 9.78 Å². The van der Waals surface area contributed by atoms with Crippen LogP contribution in [-0.2, 0) is 0 Å². The summed E-state index contributed by atoms with van der Waals surface area (Å²) in [5, 5.41) is 3.49. The molecule has 1 unspecified atom stereocenters. The van der Waals surface area contributed by atoms with Gasteiger partial charge in [-0.1, -0.05) is 56.3 Å². The third kappa shape index (κ3) is 5.25. The van der Waals surface area contributed by atoms with Gasteiger partial charge in [-0.2, -0.15) is 0 Å². The highest BCUT2D eigenvalue weighted by Crippen LogP contribution is 2.28. The Labute approximate surface area is 211 Å². The lowest BCUT2D eigenvalue weighted by molar-refractivity contribution is 0.179. The second-order valence-corrected chi connectivity index (χ2v) is 9.05. The van der Waals surface area contributed by atoms with Crippen LogP contribution in [-0.4, -0.2) is 33.6 Å². The molecule has 4 rings (SSSR count). The van der Waals surface area contributed by atoms with Gasteiger partial charge in [0.05, 0.1) is 29.2 Å². The first-order chi connectivity index (χ1) is 17.4. The third-order valence-electron chi connectivity index (χ3n) is 5.90. The van der Waals surface area contributed by atoms with Crippen molar-refractivity contribution in [2.45, 2.75) is 33.7 Å². The summed E-state index contributed by atoms with van der Waals surface area (Å²) in [4.78, 5) is 34.0. The van der Waals surface area contributed by atoms with E-state index in [1.165, 1.54) is 0 Å². The van der Waals surface area contributed by atoms with E-state index in [0.717, 1.165) is 0 Å². The maximum Gasteiger partial charge on any atom is 0.322 e. The highest BCUT2D eigenvalue weighted by molar-refractivity contribution is 5.89. The van der Waals surface area contributed by atoms with E-state index in [9.17, 15) is 9.59 Å². The van der Waals surface area contributed by atoms with Crippen LogP contribution in [0.4, 0.5) is 10.5 Å². The highest BCUT2D eigenvalue weighted by atomic mass is 16.5. The predicted molar refractivity (Wildman–Crippen MR) is 144 cm³/mol. The molecule has 0 bridgehead atoms. The summed E-state index contributed by atoms with van der Waals surface area (Å²) in [6, 6.07) is 23.3. The monoisotopic (exact) mass is 484 g/mol. The Kier molecular flexibility index (Phi) is 7.68. The van der Waals surface area contributed by atoms with Crippen LogP contribution in [0.2, 0.25) is 0 Å². The summed E-state index contributed by atoms with van der Waals surface area (Å²) in [7, 11) is 0. The number of hydrogen-bond acceptors (Lipinski definition) is 4. The zero-order chi connectivity index (χ0) is 25.7. The van der Waals surface area contributed by atoms with Gasteiger partial charge in [-0.3, -0.25) is 9.36 Å². The van der Waals surface area contributed by atoms with Crippen LogP contribution in [0.5, 0.6) is 5.75 Å². The average Bonchev–Trinajstić information content (AvgIpc) is 2.88. The van der Waals surface area contributed by atoms with E-state index in [4.69, 9.17) is 9.72 Å². The van der Waals surface area contributed by atoms with Crippen molar-refractivity contribution in [3.05, 3.63) is 95.0 Å². The Balaban J connectivity index is 1.89. The lowest BCUT2D eigenvalue weighted by Gasteiger charge is -2.32. The fraction of sp³-hybridized carbons (Fsp3) is 0.276. The Morgan fingerprint density at radius 3 is 2.36 bits per heavy atom. The van der Waals surface area contributed by atoms with Crippen molar-refractivity contribution in [2.24, 2.45) is 5.92 Å². The number of hydrogen-bond donors (Lipinski definition) is 1. The Morgan fingerprint density at radius 2 is 1.64 bits per heavy atom. The average molecular weight is 485 g/mol. The van der Waals surface area contributed by atoms with E-state index in [1.54, 1.807) is 15.5 Å². The van der Waals surface area contributed by atoms with Gasteiger partial charge in [0, 0.05) is 12.2 Å². The summed E-state index contributed by atoms with van der Waals surface area (Å²) in [6.45, 7) is 8.86. The molecule has 0 aliphatic heterocycles. The molecule has 0 fully saturated rings. The number of nitrogens with one attached hydrogen (secondary N) is 1. The topological polar surface area (TPSA) is 76.5 Å². The molecular weight excluding hydrogens is 452 g/mol. The smallest absolute Gasteiger partial charge is 0.322 e. The number of fused-ring (bicyclic) bond motifs is 1. The maximum atomic E-state index is 13.9. The molecule has 7 nitrogen and oxygen atoms in total. The number of rotatable bonds is 8. The second kappa shape index (κ2) is 11.1. The molecule has 1 N–H and O–H groups in total. The molecular formula is C29H32N4O3. The number of amides is 2. The second-order valence-electron chi connectivity index (χ2n) is 9.05. The molecule has 4 aromatic rings. The molecule has 0 spiro atoms. The van der Waals surface area contributed by atoms with Crippen molar-refractivity contribution in [3.63, 3.8) is 0 Å². The summed E-state index contributed by atoms with van der Waals surface area (Å²) in [5.74, 6) is 1.25. The lowest BCUT2D eigenvalue weighted by atomic mass is 10.1. The Hall–Kier alpha value is -4.13. The van der Waals surface area contributed by atoms with E-state index in [-0.39, 0.29) is 17.5 Å². The van der Waals surface area contributed by atoms with Crippen molar-refractivity contribution in [2.75, 3.05) is 18.5 Å². The first-order valence-electron chi connectivity index (χ1n) is 12.3. The van der Waals surface area contributed by atoms with Crippen LogP contribution in [0, 0.1) is 5.92 Å². The lowest BCUT2D eigenvalue weighted by Crippen LogP contribution is -2.41. The molecule has 0 aliphatic carbocycles. The molecule has 1 aromatic heterocycles. The zero-order valence-electron chi connectivity index (χ0n) is 21.1. The molecule has 2 amide bonds. The first-order valence-corrected chi connectivity index (χ1v) is 12.3. The molecule has 0 aliphatic rings. The number of nitrogens with zero attached hydrogens (tertiary/aromatic N) is 3. The zero-order valence-corrected chi connectivity index (χ0v) is 21.1. The number of urea groups is 1. The van der Waals surface area contributed by atoms with E-state index in [1.807, 2.05) is 86.6 Å².